The zero-order valence-electron chi connectivity index (χ0n) is 16.3. The molecule has 0 saturated carbocycles. The molecule has 5 rings (SSSR count). The molecule has 0 bridgehead atoms. The minimum absolute atomic E-state index is 0.487. The standard InChI is InChI=1S/C26H23NS/c1-17-11-12-24-23(15-17)22-9-6-7-18(2)26(22)27(24)20-13-14-28-25-10-5-4-8-21(25)19(3)16-20/h4-6,8-16,18H,3,7H2,1-2H3/b14-13-,20-16+. The third-order valence-corrected chi connectivity index (χ3v) is 6.57. The van der Waals surface area contributed by atoms with Gasteiger partial charge in [0.1, 0.15) is 0 Å². The first-order valence-electron chi connectivity index (χ1n) is 9.78. The van der Waals surface area contributed by atoms with Crippen LogP contribution in [0.1, 0.15) is 41.6 Å². The van der Waals surface area contributed by atoms with Gasteiger partial charge in [-0.2, -0.15) is 0 Å². The van der Waals surface area contributed by atoms with Crippen molar-refractivity contribution in [2.24, 2.45) is 0 Å². The van der Waals surface area contributed by atoms with Crippen LogP contribution >= 0.6 is 11.8 Å². The van der Waals surface area contributed by atoms with Gasteiger partial charge in [-0.1, -0.05) is 67.2 Å². The van der Waals surface area contributed by atoms with E-state index in [0.717, 1.165) is 12.0 Å². The summed E-state index contributed by atoms with van der Waals surface area (Å²) in [6.07, 6.45) is 10.2. The topological polar surface area (TPSA) is 4.93 Å². The Morgan fingerprint density at radius 2 is 1.96 bits per heavy atom. The van der Waals surface area contributed by atoms with E-state index in [1.54, 1.807) is 11.8 Å². The van der Waals surface area contributed by atoms with E-state index in [-0.39, 0.29) is 0 Å². The second-order valence-corrected chi connectivity index (χ2v) is 8.65. The highest BCUT2D eigenvalue weighted by molar-refractivity contribution is 8.02. The Hall–Kier alpha value is -2.71. The summed E-state index contributed by atoms with van der Waals surface area (Å²) in [4.78, 5) is 1.25. The molecule has 0 amide bonds. The Morgan fingerprint density at radius 1 is 1.11 bits per heavy atom. The van der Waals surface area contributed by atoms with Crippen molar-refractivity contribution in [1.82, 2.24) is 4.57 Å². The largest absolute Gasteiger partial charge is 0.313 e. The number of nitrogens with zero attached hydrogens (tertiary/aromatic N) is 1. The zero-order valence-corrected chi connectivity index (χ0v) is 17.1. The minimum Gasteiger partial charge on any atom is -0.313 e. The lowest BCUT2D eigenvalue weighted by Crippen LogP contribution is -2.08. The van der Waals surface area contributed by atoms with Crippen LogP contribution in [-0.4, -0.2) is 4.57 Å². The molecule has 1 aliphatic carbocycles. The van der Waals surface area contributed by atoms with Crippen molar-refractivity contribution in [1.29, 1.82) is 0 Å². The third-order valence-electron chi connectivity index (χ3n) is 5.69. The van der Waals surface area contributed by atoms with Crippen LogP contribution in [0.4, 0.5) is 0 Å². The number of fused-ring (bicyclic) bond motifs is 4. The smallest absolute Gasteiger partial charge is 0.0538 e. The average Bonchev–Trinajstić information content (AvgIpc) is 3.01. The summed E-state index contributed by atoms with van der Waals surface area (Å²) in [6, 6.07) is 15.3. The van der Waals surface area contributed by atoms with E-state index in [9.17, 15) is 0 Å². The fourth-order valence-electron chi connectivity index (χ4n) is 4.34. The highest BCUT2D eigenvalue weighted by Crippen LogP contribution is 2.41. The molecular weight excluding hydrogens is 358 g/mol. The van der Waals surface area contributed by atoms with Crippen LogP contribution < -0.4 is 0 Å². The summed E-state index contributed by atoms with van der Waals surface area (Å²) in [5, 5.41) is 3.54. The van der Waals surface area contributed by atoms with E-state index in [0.29, 0.717) is 5.92 Å². The van der Waals surface area contributed by atoms with Crippen molar-refractivity contribution in [2.75, 3.05) is 0 Å². The highest BCUT2D eigenvalue weighted by atomic mass is 32.2. The number of hydrogen-bond donors (Lipinski definition) is 0. The Labute approximate surface area is 170 Å². The van der Waals surface area contributed by atoms with Gasteiger partial charge in [0, 0.05) is 33.2 Å². The van der Waals surface area contributed by atoms with Crippen molar-refractivity contribution in [3.05, 3.63) is 95.1 Å². The molecule has 1 aromatic heterocycles. The first-order valence-corrected chi connectivity index (χ1v) is 10.7. The SMILES string of the molecule is C=C1/C=C(n2c3c(c4cc(C)ccc42)C=CCC3C)\C=C/Sc2ccccc21. The van der Waals surface area contributed by atoms with Crippen molar-refractivity contribution in [3.63, 3.8) is 0 Å². The number of hydrogen-bond acceptors (Lipinski definition) is 1. The monoisotopic (exact) mass is 381 g/mol. The highest BCUT2D eigenvalue weighted by Gasteiger charge is 2.24. The number of rotatable bonds is 1. The Kier molecular flexibility index (Phi) is 4.17. The van der Waals surface area contributed by atoms with E-state index in [2.05, 4.69) is 97.2 Å². The summed E-state index contributed by atoms with van der Waals surface area (Å²) in [7, 11) is 0. The first kappa shape index (κ1) is 17.4. The fourth-order valence-corrected chi connectivity index (χ4v) is 5.18. The quantitative estimate of drug-likeness (QED) is 0.419. The van der Waals surface area contributed by atoms with Gasteiger partial charge in [-0.25, -0.2) is 0 Å². The molecular formula is C26H23NS. The summed E-state index contributed by atoms with van der Waals surface area (Å²) in [6.45, 7) is 8.89. The molecule has 0 radical (unpaired) electrons. The lowest BCUT2D eigenvalue weighted by molar-refractivity contribution is 0.728. The number of aryl methyl sites for hydroxylation is 1. The van der Waals surface area contributed by atoms with Crippen LogP contribution in [0.15, 0.2) is 77.6 Å². The molecule has 2 aliphatic rings. The second kappa shape index (κ2) is 6.72. The van der Waals surface area contributed by atoms with Crippen molar-refractivity contribution >= 4 is 40.0 Å². The summed E-state index contributed by atoms with van der Waals surface area (Å²) >= 11 is 1.76. The van der Waals surface area contributed by atoms with Gasteiger partial charge in [0.25, 0.3) is 0 Å². The Balaban J connectivity index is 1.78. The van der Waals surface area contributed by atoms with Crippen LogP contribution in [0.2, 0.25) is 0 Å². The molecule has 1 nitrogen and oxygen atoms in total. The molecule has 28 heavy (non-hydrogen) atoms. The lowest BCUT2D eigenvalue weighted by Gasteiger charge is -2.21. The third kappa shape index (κ3) is 2.71. The molecule has 1 unspecified atom stereocenters. The maximum atomic E-state index is 4.39. The van der Waals surface area contributed by atoms with Gasteiger partial charge in [0.2, 0.25) is 0 Å². The predicted octanol–water partition coefficient (Wildman–Crippen LogP) is 7.64. The van der Waals surface area contributed by atoms with Gasteiger partial charge in [0.15, 0.2) is 0 Å². The second-order valence-electron chi connectivity index (χ2n) is 7.71. The van der Waals surface area contributed by atoms with Gasteiger partial charge in [0.05, 0.1) is 5.52 Å². The summed E-state index contributed by atoms with van der Waals surface area (Å²) in [5.41, 5.74) is 8.81. The van der Waals surface area contributed by atoms with Gasteiger partial charge < -0.3 is 4.57 Å². The van der Waals surface area contributed by atoms with Crippen LogP contribution in [-0.2, 0) is 0 Å². The Bertz CT molecular complexity index is 1200. The summed E-state index contributed by atoms with van der Waals surface area (Å²) in [5.74, 6) is 0.487. The van der Waals surface area contributed by atoms with Crippen LogP contribution in [0.5, 0.6) is 0 Å². The number of allylic oxidation sites excluding steroid dienone is 5. The molecule has 0 fully saturated rings. The Morgan fingerprint density at radius 3 is 2.86 bits per heavy atom. The molecule has 3 aromatic rings. The van der Waals surface area contributed by atoms with Crippen LogP contribution in [0.3, 0.4) is 0 Å². The predicted molar refractivity (Wildman–Crippen MR) is 123 cm³/mol. The number of thioether (sulfide) groups is 1. The van der Waals surface area contributed by atoms with Gasteiger partial charge >= 0.3 is 0 Å². The van der Waals surface area contributed by atoms with E-state index in [1.807, 2.05) is 0 Å². The van der Waals surface area contributed by atoms with Gasteiger partial charge in [-0.15, -0.1) is 0 Å². The first-order chi connectivity index (χ1) is 13.6. The van der Waals surface area contributed by atoms with Crippen LogP contribution in [0, 0.1) is 6.92 Å². The molecule has 1 atom stereocenters. The molecule has 0 spiro atoms. The molecule has 1 aliphatic heterocycles. The van der Waals surface area contributed by atoms with Gasteiger partial charge in [-0.05, 0) is 60.2 Å². The van der Waals surface area contributed by atoms with E-state index in [4.69, 9.17) is 0 Å². The van der Waals surface area contributed by atoms with E-state index < -0.39 is 0 Å². The lowest BCUT2D eigenvalue weighted by atomic mass is 9.93. The number of aromatic nitrogens is 1. The average molecular weight is 382 g/mol. The van der Waals surface area contributed by atoms with E-state index in [1.165, 1.54) is 43.9 Å². The van der Waals surface area contributed by atoms with Gasteiger partial charge in [-0.3, -0.25) is 0 Å². The molecule has 0 saturated heterocycles. The minimum atomic E-state index is 0.487. The molecule has 0 N–H and O–H groups in total. The maximum absolute atomic E-state index is 4.39. The zero-order chi connectivity index (χ0) is 19.3. The van der Waals surface area contributed by atoms with Crippen molar-refractivity contribution < 1.29 is 0 Å². The molecule has 138 valence electrons. The normalized spacial score (nSPS) is 21.4. The maximum Gasteiger partial charge on any atom is 0.0538 e. The van der Waals surface area contributed by atoms with Crippen LogP contribution in [0.25, 0.3) is 28.2 Å². The van der Waals surface area contributed by atoms with E-state index >= 15 is 0 Å². The molecule has 2 heteroatoms. The molecule has 2 aromatic carbocycles. The number of benzene rings is 2. The fraction of sp³-hybridized carbons (Fsp3) is 0.154. The van der Waals surface area contributed by atoms with Crippen molar-refractivity contribution in [2.45, 2.75) is 31.1 Å². The summed E-state index contributed by atoms with van der Waals surface area (Å²) < 4.78 is 2.45. The molecule has 2 heterocycles. The van der Waals surface area contributed by atoms with Crippen molar-refractivity contribution in [3.8, 4) is 0 Å².